The van der Waals surface area contributed by atoms with Crippen molar-refractivity contribution in [3.8, 4) is 5.75 Å². The fourth-order valence-corrected chi connectivity index (χ4v) is 1.77. The molecule has 2 heteroatoms. The van der Waals surface area contributed by atoms with Gasteiger partial charge in [0.2, 0.25) is 0 Å². The van der Waals surface area contributed by atoms with Gasteiger partial charge in [-0.3, -0.25) is 4.79 Å². The summed E-state index contributed by atoms with van der Waals surface area (Å²) in [5.41, 5.74) is 3.66. The molecular weight excluding hydrogens is 248 g/mol. The van der Waals surface area contributed by atoms with Gasteiger partial charge in [-0.05, 0) is 42.9 Å². The van der Waals surface area contributed by atoms with Crippen molar-refractivity contribution in [2.24, 2.45) is 0 Å². The van der Waals surface area contributed by atoms with Crippen LogP contribution in [0.1, 0.15) is 60.1 Å². The van der Waals surface area contributed by atoms with E-state index >= 15 is 0 Å². The summed E-state index contributed by atoms with van der Waals surface area (Å²) in [5, 5.41) is 0. The van der Waals surface area contributed by atoms with Gasteiger partial charge in [-0.25, -0.2) is 0 Å². The Hall–Kier alpha value is -1.57. The lowest BCUT2D eigenvalue weighted by atomic mass is 9.85. The largest absolute Gasteiger partial charge is 0.426 e. The summed E-state index contributed by atoms with van der Waals surface area (Å²) in [6.45, 7) is 12.1. The van der Waals surface area contributed by atoms with E-state index in [4.69, 9.17) is 4.74 Å². The molecule has 2 nitrogen and oxygen atoms in total. The molecule has 0 aliphatic carbocycles. The molecule has 0 aromatic heterocycles. The van der Waals surface area contributed by atoms with Crippen LogP contribution in [0.4, 0.5) is 0 Å². The first kappa shape index (κ1) is 18.4. The van der Waals surface area contributed by atoms with Crippen molar-refractivity contribution in [2.75, 3.05) is 0 Å². The van der Waals surface area contributed by atoms with E-state index in [1.165, 1.54) is 18.1 Å². The van der Waals surface area contributed by atoms with Gasteiger partial charge in [0.25, 0.3) is 0 Å². The minimum absolute atomic E-state index is 0. The van der Waals surface area contributed by atoms with Crippen LogP contribution in [0.25, 0.3) is 0 Å². The Labute approximate surface area is 123 Å². The van der Waals surface area contributed by atoms with Gasteiger partial charge in [0.05, 0.1) is 0 Å². The summed E-state index contributed by atoms with van der Waals surface area (Å²) >= 11 is 0. The first-order valence-corrected chi connectivity index (χ1v) is 6.65. The quantitative estimate of drug-likeness (QED) is 0.438. The lowest BCUT2D eigenvalue weighted by Crippen LogP contribution is -2.12. The summed E-state index contributed by atoms with van der Waals surface area (Å²) < 4.78 is 5.28. The van der Waals surface area contributed by atoms with Crippen molar-refractivity contribution in [1.29, 1.82) is 0 Å². The predicted molar refractivity (Wildman–Crippen MR) is 86.3 cm³/mol. The van der Waals surface area contributed by atoms with E-state index in [0.29, 0.717) is 5.75 Å². The number of benzene rings is 1. The number of carbonyl (C=O) groups is 1. The van der Waals surface area contributed by atoms with E-state index in [1.54, 1.807) is 0 Å². The number of rotatable bonds is 3. The van der Waals surface area contributed by atoms with Crippen LogP contribution in [0, 0.1) is 0 Å². The van der Waals surface area contributed by atoms with Crippen LogP contribution in [0.2, 0.25) is 0 Å². The average Bonchev–Trinajstić information content (AvgIpc) is 2.25. The topological polar surface area (TPSA) is 26.3 Å². The van der Waals surface area contributed by atoms with E-state index in [1.807, 2.05) is 12.1 Å². The number of ether oxygens (including phenoxy) is 1. The highest BCUT2D eigenvalue weighted by Gasteiger charge is 2.16. The van der Waals surface area contributed by atoms with Crippen LogP contribution < -0.4 is 4.74 Å². The van der Waals surface area contributed by atoms with E-state index in [2.05, 4.69) is 46.8 Å². The van der Waals surface area contributed by atoms with Crippen LogP contribution >= 0.6 is 0 Å². The molecule has 1 aromatic carbocycles. The van der Waals surface area contributed by atoms with E-state index in [-0.39, 0.29) is 18.8 Å². The van der Waals surface area contributed by atoms with Crippen LogP contribution in [0.5, 0.6) is 5.75 Å². The lowest BCUT2D eigenvalue weighted by Gasteiger charge is -2.21. The second-order valence-electron chi connectivity index (χ2n) is 6.15. The van der Waals surface area contributed by atoms with Gasteiger partial charge < -0.3 is 4.74 Å². The minimum atomic E-state index is -0.276. The van der Waals surface area contributed by atoms with Gasteiger partial charge in [0.15, 0.2) is 0 Å². The second kappa shape index (κ2) is 7.28. The van der Waals surface area contributed by atoms with Crippen molar-refractivity contribution in [1.82, 2.24) is 0 Å². The molecule has 0 amide bonds. The molecule has 0 spiro atoms. The summed E-state index contributed by atoms with van der Waals surface area (Å²) in [4.78, 5) is 11.1. The number of carbonyl (C=O) groups excluding carboxylic acids is 1. The van der Waals surface area contributed by atoms with Crippen LogP contribution in [0.3, 0.4) is 0 Å². The van der Waals surface area contributed by atoms with E-state index in [9.17, 15) is 4.79 Å². The minimum Gasteiger partial charge on any atom is -0.426 e. The van der Waals surface area contributed by atoms with E-state index in [0.717, 1.165) is 12.0 Å². The first-order valence-electron chi connectivity index (χ1n) is 6.65. The summed E-state index contributed by atoms with van der Waals surface area (Å²) in [7, 11) is 0. The van der Waals surface area contributed by atoms with Gasteiger partial charge in [0, 0.05) is 6.92 Å². The molecule has 0 fully saturated rings. The fourth-order valence-electron chi connectivity index (χ4n) is 1.77. The van der Waals surface area contributed by atoms with Crippen molar-refractivity contribution < 1.29 is 9.53 Å². The first-order chi connectivity index (χ1) is 8.70. The standard InChI is InChI=1S/C17H24O2.CH4/c1-12(2)7-8-14-11-15(17(4,5)6)9-10-16(14)19-13(3)18;/h7,9-11H,8H2,1-6H3;1H4. The molecule has 0 bridgehead atoms. The van der Waals surface area contributed by atoms with Gasteiger partial charge >= 0.3 is 5.97 Å². The summed E-state index contributed by atoms with van der Waals surface area (Å²) in [5.74, 6) is 0.389. The maximum atomic E-state index is 11.1. The Bertz CT molecular complexity index is 487. The van der Waals surface area contributed by atoms with Gasteiger partial charge in [0.1, 0.15) is 5.75 Å². The van der Waals surface area contributed by atoms with Crippen molar-refractivity contribution >= 4 is 5.97 Å². The Morgan fingerprint density at radius 2 is 1.80 bits per heavy atom. The van der Waals surface area contributed by atoms with Crippen LogP contribution in [0.15, 0.2) is 29.8 Å². The normalized spacial score (nSPS) is 10.5. The highest BCUT2D eigenvalue weighted by molar-refractivity contribution is 5.70. The molecule has 0 heterocycles. The monoisotopic (exact) mass is 276 g/mol. The Balaban J connectivity index is 0.00000361. The average molecular weight is 276 g/mol. The maximum absolute atomic E-state index is 11.1. The zero-order chi connectivity index (χ0) is 14.6. The summed E-state index contributed by atoms with van der Waals surface area (Å²) in [6, 6.07) is 6.07. The molecular formula is C18H28O2. The molecule has 0 saturated heterocycles. The van der Waals surface area contributed by atoms with Crippen LogP contribution in [-0.4, -0.2) is 5.97 Å². The summed E-state index contributed by atoms with van der Waals surface area (Å²) in [6.07, 6.45) is 2.93. The number of esters is 1. The maximum Gasteiger partial charge on any atom is 0.308 e. The third-order valence-electron chi connectivity index (χ3n) is 2.91. The molecule has 0 radical (unpaired) electrons. The Kier molecular flexibility index (Phi) is 6.70. The SMILES string of the molecule is C.CC(=O)Oc1ccc(C(C)(C)C)cc1CC=C(C)C. The van der Waals surface area contributed by atoms with E-state index < -0.39 is 0 Å². The highest BCUT2D eigenvalue weighted by atomic mass is 16.5. The Morgan fingerprint density at radius 3 is 2.25 bits per heavy atom. The molecule has 0 atom stereocenters. The zero-order valence-electron chi connectivity index (χ0n) is 12.8. The zero-order valence-corrected chi connectivity index (χ0v) is 12.8. The number of hydrogen-bond donors (Lipinski definition) is 0. The number of hydrogen-bond acceptors (Lipinski definition) is 2. The predicted octanol–water partition coefficient (Wildman–Crippen LogP) is 5.05. The van der Waals surface area contributed by atoms with Crippen molar-refractivity contribution in [2.45, 2.75) is 60.8 Å². The van der Waals surface area contributed by atoms with Crippen molar-refractivity contribution in [3.05, 3.63) is 41.0 Å². The lowest BCUT2D eigenvalue weighted by molar-refractivity contribution is -0.131. The second-order valence-corrected chi connectivity index (χ2v) is 6.15. The fraction of sp³-hybridized carbons (Fsp3) is 0.500. The molecule has 0 aliphatic heterocycles. The highest BCUT2D eigenvalue weighted by Crippen LogP contribution is 2.28. The van der Waals surface area contributed by atoms with Gasteiger partial charge in [-0.15, -0.1) is 0 Å². The molecule has 0 saturated carbocycles. The van der Waals surface area contributed by atoms with Gasteiger partial charge in [-0.2, -0.15) is 0 Å². The molecule has 0 aliphatic rings. The third kappa shape index (κ3) is 5.60. The van der Waals surface area contributed by atoms with Gasteiger partial charge in [-0.1, -0.05) is 52.0 Å². The number of allylic oxidation sites excluding steroid dienone is 2. The molecule has 0 N–H and O–H groups in total. The molecule has 1 rings (SSSR count). The molecule has 112 valence electrons. The molecule has 20 heavy (non-hydrogen) atoms. The molecule has 1 aromatic rings. The third-order valence-corrected chi connectivity index (χ3v) is 2.91. The smallest absolute Gasteiger partial charge is 0.308 e. The Morgan fingerprint density at radius 1 is 1.20 bits per heavy atom. The molecule has 0 unspecified atom stereocenters. The van der Waals surface area contributed by atoms with Crippen LogP contribution in [-0.2, 0) is 16.6 Å². The van der Waals surface area contributed by atoms with Crippen molar-refractivity contribution in [3.63, 3.8) is 0 Å².